The van der Waals surface area contributed by atoms with Crippen molar-refractivity contribution in [3.63, 3.8) is 0 Å². The van der Waals surface area contributed by atoms with E-state index in [4.69, 9.17) is 0 Å². The summed E-state index contributed by atoms with van der Waals surface area (Å²) in [6, 6.07) is 0. The van der Waals surface area contributed by atoms with E-state index in [1.54, 1.807) is 0 Å². The van der Waals surface area contributed by atoms with Gasteiger partial charge in [-0.1, -0.05) is 41.5 Å². The third kappa shape index (κ3) is 391. The first kappa shape index (κ1) is 25.6. The fraction of sp³-hybridized carbons (Fsp3) is 1.00. The molecule has 0 rings (SSSR count). The number of hydrogen-bond donors (Lipinski definition) is 0. The Labute approximate surface area is 62.4 Å². The van der Waals surface area contributed by atoms with E-state index < -0.39 is 0 Å². The summed E-state index contributed by atoms with van der Waals surface area (Å²) >= 11 is 0. The Balaban J connectivity index is -0.00000000500. The molecule has 0 heterocycles. The van der Waals surface area contributed by atoms with Crippen molar-refractivity contribution < 1.29 is 20.3 Å². The van der Waals surface area contributed by atoms with E-state index in [9.17, 15) is 0 Å². The van der Waals surface area contributed by atoms with Crippen LogP contribution in [0.5, 0.6) is 0 Å². The van der Waals surface area contributed by atoms with Crippen molar-refractivity contribution in [3.05, 3.63) is 0 Å². The fourth-order valence-electron chi connectivity index (χ4n) is 0. The Kier molecular flexibility index (Phi) is 2110. The van der Waals surface area contributed by atoms with Gasteiger partial charge in [0.2, 0.25) is 0 Å². The molecule has 0 amide bonds. The molecular formula is C6H19Li. The maximum Gasteiger partial charge on any atom is 1.00 e. The van der Waals surface area contributed by atoms with Gasteiger partial charge in [-0.05, 0) is 0 Å². The topological polar surface area (TPSA) is 0 Å². The largest absolute Gasteiger partial charge is 1.00 e. The van der Waals surface area contributed by atoms with Gasteiger partial charge in [-0.3, -0.25) is 0 Å². The van der Waals surface area contributed by atoms with Crippen LogP contribution in [0.15, 0.2) is 0 Å². The van der Waals surface area contributed by atoms with Crippen LogP contribution < -0.4 is 18.9 Å². The molecule has 0 atom stereocenters. The molecule has 0 saturated carbocycles. The summed E-state index contributed by atoms with van der Waals surface area (Å²) in [6.45, 7) is 12.0. The zero-order valence-electron chi connectivity index (χ0n) is 8.00. The molecule has 7 heavy (non-hydrogen) atoms. The zero-order valence-corrected chi connectivity index (χ0v) is 7.00. The second-order valence-electron chi connectivity index (χ2n) is 0. The summed E-state index contributed by atoms with van der Waals surface area (Å²) in [5.41, 5.74) is 0. The quantitative estimate of drug-likeness (QED) is 0.379. The minimum atomic E-state index is 0. The molecule has 0 spiro atoms. The Bertz CT molecular complexity index is 8.49. The van der Waals surface area contributed by atoms with Crippen molar-refractivity contribution in [2.75, 3.05) is 0 Å². The maximum atomic E-state index is 2.00. The molecule has 0 aliphatic rings. The molecule has 0 bridgehead atoms. The molecule has 0 unspecified atom stereocenters. The molecule has 44 valence electrons. The van der Waals surface area contributed by atoms with E-state index in [0.29, 0.717) is 0 Å². The minimum Gasteiger partial charge on any atom is -1.00 e. The first-order chi connectivity index (χ1) is 3.00. The second kappa shape index (κ2) is 579. The molecule has 1 heteroatoms. The van der Waals surface area contributed by atoms with Crippen LogP contribution in [-0.4, -0.2) is 0 Å². The van der Waals surface area contributed by atoms with Gasteiger partial charge in [-0.25, -0.2) is 0 Å². The van der Waals surface area contributed by atoms with Crippen LogP contribution in [0.3, 0.4) is 0 Å². The monoisotopic (exact) mass is 98.2 g/mol. The first-order valence-corrected chi connectivity index (χ1v) is 3.00. The van der Waals surface area contributed by atoms with Crippen molar-refractivity contribution in [1.29, 1.82) is 0 Å². The van der Waals surface area contributed by atoms with Crippen LogP contribution in [0.1, 0.15) is 43.0 Å². The van der Waals surface area contributed by atoms with Crippen molar-refractivity contribution in [3.8, 4) is 0 Å². The van der Waals surface area contributed by atoms with E-state index in [0.717, 1.165) is 0 Å². The molecule has 0 aliphatic carbocycles. The van der Waals surface area contributed by atoms with Crippen molar-refractivity contribution in [2.24, 2.45) is 0 Å². The Hall–Kier alpha value is 0.597. The Morgan fingerprint density at radius 3 is 0.571 bits per heavy atom. The van der Waals surface area contributed by atoms with Crippen molar-refractivity contribution >= 4 is 0 Å². The molecular weight excluding hydrogens is 79.0 g/mol. The van der Waals surface area contributed by atoms with E-state index in [1.807, 2.05) is 41.5 Å². The van der Waals surface area contributed by atoms with Crippen LogP contribution >= 0.6 is 0 Å². The van der Waals surface area contributed by atoms with E-state index in [2.05, 4.69) is 0 Å². The second-order valence-corrected chi connectivity index (χ2v) is 0. The predicted molar refractivity (Wildman–Crippen MR) is 35.2 cm³/mol. The summed E-state index contributed by atoms with van der Waals surface area (Å²) in [5, 5.41) is 0. The van der Waals surface area contributed by atoms with Crippen molar-refractivity contribution in [2.45, 2.75) is 41.5 Å². The van der Waals surface area contributed by atoms with Gasteiger partial charge >= 0.3 is 18.9 Å². The van der Waals surface area contributed by atoms with E-state index in [-0.39, 0.29) is 20.3 Å². The standard InChI is InChI=1S/3C2H6.Li.H/c3*1-2;;/h3*1-2H3;;/q;;;+1;-1. The fourth-order valence-corrected chi connectivity index (χ4v) is 0. The van der Waals surface area contributed by atoms with E-state index in [1.165, 1.54) is 0 Å². The molecule has 0 fully saturated rings. The van der Waals surface area contributed by atoms with Crippen LogP contribution in [0.25, 0.3) is 0 Å². The smallest absolute Gasteiger partial charge is 1.00 e. The van der Waals surface area contributed by atoms with Gasteiger partial charge in [0.15, 0.2) is 0 Å². The zero-order chi connectivity index (χ0) is 6.00. The van der Waals surface area contributed by atoms with E-state index >= 15 is 0 Å². The van der Waals surface area contributed by atoms with Gasteiger partial charge < -0.3 is 1.43 Å². The number of rotatable bonds is 0. The van der Waals surface area contributed by atoms with Gasteiger partial charge in [0.1, 0.15) is 0 Å². The Morgan fingerprint density at radius 1 is 0.571 bits per heavy atom. The molecule has 0 aromatic carbocycles. The van der Waals surface area contributed by atoms with Gasteiger partial charge in [0.05, 0.1) is 0 Å². The third-order valence-electron chi connectivity index (χ3n) is 0. The normalized spacial score (nSPS) is 2.57. The van der Waals surface area contributed by atoms with Gasteiger partial charge in [0, 0.05) is 0 Å². The average Bonchev–Trinajstić information content (AvgIpc) is 1.81. The molecule has 0 aliphatic heterocycles. The van der Waals surface area contributed by atoms with Crippen LogP contribution in [0, 0.1) is 0 Å². The molecule has 0 aromatic rings. The summed E-state index contributed by atoms with van der Waals surface area (Å²) in [5.74, 6) is 0. The Morgan fingerprint density at radius 2 is 0.571 bits per heavy atom. The summed E-state index contributed by atoms with van der Waals surface area (Å²) < 4.78 is 0. The van der Waals surface area contributed by atoms with Crippen LogP contribution in [0.2, 0.25) is 0 Å². The predicted octanol–water partition coefficient (Wildman–Crippen LogP) is 0.195. The van der Waals surface area contributed by atoms with Crippen LogP contribution in [0.4, 0.5) is 0 Å². The molecule has 0 radical (unpaired) electrons. The number of hydrogen-bond acceptors (Lipinski definition) is 0. The first-order valence-electron chi connectivity index (χ1n) is 3.00. The summed E-state index contributed by atoms with van der Waals surface area (Å²) in [7, 11) is 0. The molecule has 0 aromatic heterocycles. The summed E-state index contributed by atoms with van der Waals surface area (Å²) in [6.07, 6.45) is 0. The minimum absolute atomic E-state index is 0. The molecule has 0 N–H and O–H groups in total. The molecule has 0 saturated heterocycles. The average molecular weight is 98.2 g/mol. The van der Waals surface area contributed by atoms with Gasteiger partial charge in [-0.2, -0.15) is 0 Å². The van der Waals surface area contributed by atoms with Gasteiger partial charge in [0.25, 0.3) is 0 Å². The third-order valence-corrected chi connectivity index (χ3v) is 0. The van der Waals surface area contributed by atoms with Crippen molar-refractivity contribution in [1.82, 2.24) is 0 Å². The molecule has 0 nitrogen and oxygen atoms in total. The summed E-state index contributed by atoms with van der Waals surface area (Å²) in [4.78, 5) is 0. The maximum absolute atomic E-state index is 2.00. The SMILES string of the molecule is CC.CC.CC.[H-].[Li+]. The van der Waals surface area contributed by atoms with Crippen LogP contribution in [-0.2, 0) is 0 Å². The van der Waals surface area contributed by atoms with Gasteiger partial charge in [-0.15, -0.1) is 0 Å².